The van der Waals surface area contributed by atoms with Crippen LogP contribution >= 0.6 is 0 Å². The van der Waals surface area contributed by atoms with Gasteiger partial charge < -0.3 is 4.74 Å². The van der Waals surface area contributed by atoms with E-state index in [2.05, 4.69) is 0 Å². The van der Waals surface area contributed by atoms with Gasteiger partial charge >= 0.3 is 0 Å². The van der Waals surface area contributed by atoms with Crippen molar-refractivity contribution < 1.29 is 17.5 Å². The van der Waals surface area contributed by atoms with Crippen LogP contribution in [0.2, 0.25) is 0 Å². The van der Waals surface area contributed by atoms with Crippen LogP contribution in [0.15, 0.2) is 53.4 Å². The van der Waals surface area contributed by atoms with Crippen LogP contribution in [0.4, 0.5) is 4.39 Å². The molecule has 1 aliphatic rings. The highest BCUT2D eigenvalue weighted by atomic mass is 32.2. The molecule has 134 valence electrons. The molecule has 0 radical (unpaired) electrons. The second-order valence-corrected chi connectivity index (χ2v) is 8.88. The van der Waals surface area contributed by atoms with Gasteiger partial charge in [-0.15, -0.1) is 0 Å². The summed E-state index contributed by atoms with van der Waals surface area (Å²) >= 11 is 0. The maximum absolute atomic E-state index is 13.2. The highest BCUT2D eigenvalue weighted by Crippen LogP contribution is 2.34. The van der Waals surface area contributed by atoms with Gasteiger partial charge in [0, 0.05) is 6.54 Å². The summed E-state index contributed by atoms with van der Waals surface area (Å²) < 4.78 is 46.8. The maximum Gasteiger partial charge on any atom is 0.243 e. The zero-order valence-corrected chi connectivity index (χ0v) is 15.4. The first kappa shape index (κ1) is 18.0. The zero-order chi connectivity index (χ0) is 18.2. The van der Waals surface area contributed by atoms with Crippen molar-refractivity contribution in [3.8, 4) is 0 Å². The Morgan fingerprint density at radius 3 is 2.28 bits per heavy atom. The molecule has 0 bridgehead atoms. The predicted molar refractivity (Wildman–Crippen MR) is 94.2 cm³/mol. The molecule has 3 rings (SSSR count). The minimum Gasteiger partial charge on any atom is -0.370 e. The van der Waals surface area contributed by atoms with E-state index in [4.69, 9.17) is 4.74 Å². The van der Waals surface area contributed by atoms with E-state index in [-0.39, 0.29) is 23.9 Å². The van der Waals surface area contributed by atoms with Gasteiger partial charge in [0.05, 0.1) is 23.1 Å². The third kappa shape index (κ3) is 3.61. The van der Waals surface area contributed by atoms with Gasteiger partial charge in [0.15, 0.2) is 0 Å². The van der Waals surface area contributed by atoms with Crippen molar-refractivity contribution in [3.63, 3.8) is 0 Å². The molecule has 2 aromatic rings. The molecule has 6 heteroatoms. The molecule has 4 nitrogen and oxygen atoms in total. The molecule has 0 saturated carbocycles. The molecule has 0 aliphatic carbocycles. The fourth-order valence-electron chi connectivity index (χ4n) is 2.97. The van der Waals surface area contributed by atoms with E-state index in [1.165, 1.54) is 16.4 Å². The van der Waals surface area contributed by atoms with Gasteiger partial charge in [-0.1, -0.05) is 29.8 Å². The Balaban J connectivity index is 1.94. The number of morpholine rings is 1. The lowest BCUT2D eigenvalue weighted by Crippen LogP contribution is -2.56. The smallest absolute Gasteiger partial charge is 0.243 e. The molecule has 0 N–H and O–H groups in total. The minimum atomic E-state index is -3.66. The minimum absolute atomic E-state index is 0.189. The topological polar surface area (TPSA) is 46.6 Å². The van der Waals surface area contributed by atoms with Crippen molar-refractivity contribution in [1.82, 2.24) is 4.31 Å². The van der Waals surface area contributed by atoms with E-state index in [0.29, 0.717) is 0 Å². The lowest BCUT2D eigenvalue weighted by molar-refractivity contribution is -0.0655. The van der Waals surface area contributed by atoms with Gasteiger partial charge in [-0.25, -0.2) is 12.8 Å². The van der Waals surface area contributed by atoms with Crippen LogP contribution in [-0.4, -0.2) is 31.4 Å². The van der Waals surface area contributed by atoms with Crippen LogP contribution in [0.3, 0.4) is 0 Å². The highest BCUT2D eigenvalue weighted by Gasteiger charge is 2.43. The van der Waals surface area contributed by atoms with Gasteiger partial charge in [-0.05, 0) is 50.6 Å². The number of rotatable bonds is 3. The Morgan fingerprint density at radius 1 is 1.08 bits per heavy atom. The largest absolute Gasteiger partial charge is 0.370 e. The van der Waals surface area contributed by atoms with Gasteiger partial charge in [-0.3, -0.25) is 0 Å². The SMILES string of the molecule is Cc1ccc(S(=O)(=O)N2CC(c3ccc(F)cc3)OCC2(C)C)cc1. The van der Waals surface area contributed by atoms with Crippen LogP contribution in [0.1, 0.15) is 31.1 Å². The molecule has 1 fully saturated rings. The summed E-state index contributed by atoms with van der Waals surface area (Å²) in [6.07, 6.45) is -0.422. The Morgan fingerprint density at radius 2 is 1.68 bits per heavy atom. The molecule has 1 aliphatic heterocycles. The molecule has 0 spiro atoms. The Labute approximate surface area is 148 Å². The lowest BCUT2D eigenvalue weighted by Gasteiger charge is -2.44. The number of benzene rings is 2. The van der Waals surface area contributed by atoms with Crippen molar-refractivity contribution in [2.75, 3.05) is 13.2 Å². The summed E-state index contributed by atoms with van der Waals surface area (Å²) in [6, 6.07) is 12.8. The number of nitrogens with zero attached hydrogens (tertiary/aromatic N) is 1. The second kappa shape index (κ2) is 6.52. The van der Waals surface area contributed by atoms with Gasteiger partial charge in [0.25, 0.3) is 0 Å². The van der Waals surface area contributed by atoms with Crippen molar-refractivity contribution in [2.45, 2.75) is 37.3 Å². The number of halogens is 1. The molecular formula is C19H22FNO3S. The van der Waals surface area contributed by atoms with E-state index in [1.54, 1.807) is 36.4 Å². The Kier molecular flexibility index (Phi) is 4.70. The molecule has 1 atom stereocenters. The van der Waals surface area contributed by atoms with E-state index in [1.807, 2.05) is 20.8 Å². The average molecular weight is 363 g/mol. The monoisotopic (exact) mass is 363 g/mol. The van der Waals surface area contributed by atoms with Gasteiger partial charge in [0.2, 0.25) is 10.0 Å². The molecule has 1 heterocycles. The summed E-state index contributed by atoms with van der Waals surface area (Å²) in [5.74, 6) is -0.330. The van der Waals surface area contributed by atoms with Crippen molar-refractivity contribution >= 4 is 10.0 Å². The molecule has 0 aromatic heterocycles. The van der Waals surface area contributed by atoms with E-state index in [0.717, 1.165) is 11.1 Å². The summed E-state index contributed by atoms with van der Waals surface area (Å²) in [6.45, 7) is 6.06. The number of hydrogen-bond donors (Lipinski definition) is 0. The highest BCUT2D eigenvalue weighted by molar-refractivity contribution is 7.89. The van der Waals surface area contributed by atoms with E-state index in [9.17, 15) is 12.8 Å². The molecule has 1 unspecified atom stereocenters. The van der Waals surface area contributed by atoms with E-state index >= 15 is 0 Å². The molecule has 0 amide bonds. The summed E-state index contributed by atoms with van der Waals surface area (Å²) in [5.41, 5.74) is 1.10. The summed E-state index contributed by atoms with van der Waals surface area (Å²) in [4.78, 5) is 0.269. The summed E-state index contributed by atoms with van der Waals surface area (Å²) in [5, 5.41) is 0. The van der Waals surface area contributed by atoms with Crippen LogP contribution in [-0.2, 0) is 14.8 Å². The fraction of sp³-hybridized carbons (Fsp3) is 0.368. The van der Waals surface area contributed by atoms with Crippen LogP contribution in [0.25, 0.3) is 0 Å². The van der Waals surface area contributed by atoms with Crippen LogP contribution in [0.5, 0.6) is 0 Å². The second-order valence-electron chi connectivity index (χ2n) is 7.01. The van der Waals surface area contributed by atoms with E-state index < -0.39 is 21.7 Å². The van der Waals surface area contributed by atoms with Crippen molar-refractivity contribution in [3.05, 3.63) is 65.5 Å². The predicted octanol–water partition coefficient (Wildman–Crippen LogP) is 3.67. The first-order valence-corrected chi connectivity index (χ1v) is 9.61. The standard InChI is InChI=1S/C19H22FNO3S/c1-14-4-10-17(11-5-14)25(22,23)21-12-18(24-13-19(21,2)3)15-6-8-16(20)9-7-15/h4-11,18H,12-13H2,1-3H3. The quantitative estimate of drug-likeness (QED) is 0.836. The molecular weight excluding hydrogens is 341 g/mol. The van der Waals surface area contributed by atoms with Crippen molar-refractivity contribution in [2.24, 2.45) is 0 Å². The number of sulfonamides is 1. The van der Waals surface area contributed by atoms with Crippen molar-refractivity contribution in [1.29, 1.82) is 0 Å². The maximum atomic E-state index is 13.2. The van der Waals surface area contributed by atoms with Gasteiger partial charge in [0.1, 0.15) is 5.82 Å². The summed E-state index contributed by atoms with van der Waals surface area (Å²) in [7, 11) is -3.66. The normalized spacial score (nSPS) is 21.2. The van der Waals surface area contributed by atoms with Gasteiger partial charge in [-0.2, -0.15) is 4.31 Å². The third-order valence-electron chi connectivity index (χ3n) is 4.50. The average Bonchev–Trinajstić information content (AvgIpc) is 2.56. The first-order valence-electron chi connectivity index (χ1n) is 8.17. The molecule has 1 saturated heterocycles. The molecule has 25 heavy (non-hydrogen) atoms. The third-order valence-corrected chi connectivity index (χ3v) is 6.59. The number of ether oxygens (including phenoxy) is 1. The first-order chi connectivity index (χ1) is 11.7. The van der Waals surface area contributed by atoms with Crippen LogP contribution in [0, 0.1) is 12.7 Å². The Bertz CT molecular complexity index is 845. The molecule has 2 aromatic carbocycles. The zero-order valence-electron chi connectivity index (χ0n) is 14.6. The number of hydrogen-bond acceptors (Lipinski definition) is 3. The number of aryl methyl sites for hydroxylation is 1. The van der Waals surface area contributed by atoms with Crippen LogP contribution < -0.4 is 0 Å². The Hall–Kier alpha value is -1.76. The fourth-order valence-corrected chi connectivity index (χ4v) is 4.74. The lowest BCUT2D eigenvalue weighted by atomic mass is 10.0.